The van der Waals surface area contributed by atoms with Gasteiger partial charge in [0.05, 0.1) is 12.3 Å². The fourth-order valence-electron chi connectivity index (χ4n) is 1.36. The molecule has 0 aliphatic carbocycles. The summed E-state index contributed by atoms with van der Waals surface area (Å²) in [7, 11) is -3.51. The Bertz CT molecular complexity index is 404. The molecule has 0 spiro atoms. The van der Waals surface area contributed by atoms with Crippen molar-refractivity contribution in [2.24, 2.45) is 5.92 Å². The average molecular weight is 280 g/mol. The SMILES string of the molecule is CC(C)C[C@@H](NC(=O)C(C)NS(C)(=O)=O)C(=O)O. The molecule has 18 heavy (non-hydrogen) atoms. The van der Waals surface area contributed by atoms with E-state index < -0.39 is 34.0 Å². The van der Waals surface area contributed by atoms with Gasteiger partial charge in [0.1, 0.15) is 6.04 Å². The minimum atomic E-state index is -3.51. The van der Waals surface area contributed by atoms with Crippen LogP contribution < -0.4 is 10.0 Å². The molecule has 2 atom stereocenters. The topological polar surface area (TPSA) is 113 Å². The zero-order valence-corrected chi connectivity index (χ0v) is 11.7. The van der Waals surface area contributed by atoms with E-state index >= 15 is 0 Å². The highest BCUT2D eigenvalue weighted by atomic mass is 32.2. The van der Waals surface area contributed by atoms with E-state index in [0.29, 0.717) is 0 Å². The van der Waals surface area contributed by atoms with Gasteiger partial charge in [-0.1, -0.05) is 13.8 Å². The predicted octanol–water partition coefficient (Wildman–Crippen LogP) is -0.460. The van der Waals surface area contributed by atoms with Gasteiger partial charge in [0, 0.05) is 0 Å². The number of aliphatic carboxylic acids is 1. The van der Waals surface area contributed by atoms with Gasteiger partial charge in [0.15, 0.2) is 0 Å². The molecule has 0 aliphatic heterocycles. The number of carboxylic acid groups (broad SMARTS) is 1. The first kappa shape index (κ1) is 16.9. The summed E-state index contributed by atoms with van der Waals surface area (Å²) < 4.78 is 24.0. The zero-order valence-electron chi connectivity index (χ0n) is 10.9. The van der Waals surface area contributed by atoms with E-state index in [-0.39, 0.29) is 12.3 Å². The van der Waals surface area contributed by atoms with E-state index in [4.69, 9.17) is 5.11 Å². The molecule has 1 amide bonds. The van der Waals surface area contributed by atoms with Crippen LogP contribution in [0.1, 0.15) is 27.2 Å². The molecule has 1 unspecified atom stereocenters. The van der Waals surface area contributed by atoms with Crippen molar-refractivity contribution in [3.05, 3.63) is 0 Å². The second-order valence-electron chi connectivity index (χ2n) is 4.64. The van der Waals surface area contributed by atoms with Gasteiger partial charge in [-0.3, -0.25) is 4.79 Å². The minimum absolute atomic E-state index is 0.101. The standard InChI is InChI=1S/C10H20N2O5S/c1-6(2)5-8(10(14)15)11-9(13)7(3)12-18(4,16)17/h6-8,12H,5H2,1-4H3,(H,11,13)(H,14,15)/t7?,8-/m1/s1. The van der Waals surface area contributed by atoms with Crippen LogP contribution >= 0.6 is 0 Å². The first-order chi connectivity index (χ1) is 8.03. The van der Waals surface area contributed by atoms with Crippen LogP contribution in [0, 0.1) is 5.92 Å². The lowest BCUT2D eigenvalue weighted by molar-refractivity contribution is -0.142. The lowest BCUT2D eigenvalue weighted by atomic mass is 10.0. The van der Waals surface area contributed by atoms with Crippen molar-refractivity contribution < 1.29 is 23.1 Å². The Kier molecular flexibility index (Phi) is 6.27. The molecule has 0 aliphatic rings. The predicted molar refractivity (Wildman–Crippen MR) is 66.5 cm³/mol. The Morgan fingerprint density at radius 3 is 2.06 bits per heavy atom. The molecule has 0 aromatic heterocycles. The fourth-order valence-corrected chi connectivity index (χ4v) is 2.11. The first-order valence-electron chi connectivity index (χ1n) is 5.53. The van der Waals surface area contributed by atoms with Gasteiger partial charge >= 0.3 is 5.97 Å². The van der Waals surface area contributed by atoms with Gasteiger partial charge in [-0.2, -0.15) is 0 Å². The summed E-state index contributed by atoms with van der Waals surface area (Å²) in [5, 5.41) is 11.2. The highest BCUT2D eigenvalue weighted by Crippen LogP contribution is 2.05. The van der Waals surface area contributed by atoms with Gasteiger partial charge in [0.2, 0.25) is 15.9 Å². The van der Waals surface area contributed by atoms with E-state index in [0.717, 1.165) is 6.26 Å². The molecule has 0 saturated carbocycles. The van der Waals surface area contributed by atoms with Crippen molar-refractivity contribution in [1.82, 2.24) is 10.0 Å². The lowest BCUT2D eigenvalue weighted by Gasteiger charge is -2.19. The molecule has 0 aromatic carbocycles. The van der Waals surface area contributed by atoms with Gasteiger partial charge < -0.3 is 10.4 Å². The van der Waals surface area contributed by atoms with E-state index in [1.54, 1.807) is 0 Å². The molecular formula is C10H20N2O5S. The summed E-state index contributed by atoms with van der Waals surface area (Å²) in [6.45, 7) is 5.02. The molecule has 0 rings (SSSR count). The van der Waals surface area contributed by atoms with Crippen LogP contribution in [0.15, 0.2) is 0 Å². The van der Waals surface area contributed by atoms with Crippen LogP contribution in [0.25, 0.3) is 0 Å². The molecule has 0 heterocycles. The van der Waals surface area contributed by atoms with Crippen LogP contribution in [0.5, 0.6) is 0 Å². The summed E-state index contributed by atoms with van der Waals surface area (Å²) >= 11 is 0. The smallest absolute Gasteiger partial charge is 0.326 e. The van der Waals surface area contributed by atoms with E-state index in [9.17, 15) is 18.0 Å². The van der Waals surface area contributed by atoms with Gasteiger partial charge in [-0.05, 0) is 19.3 Å². The molecule has 0 bridgehead atoms. The molecule has 7 nitrogen and oxygen atoms in total. The summed E-state index contributed by atoms with van der Waals surface area (Å²) in [5.41, 5.74) is 0. The summed E-state index contributed by atoms with van der Waals surface area (Å²) in [5.74, 6) is -1.69. The number of amides is 1. The number of carbonyl (C=O) groups is 2. The van der Waals surface area contributed by atoms with Crippen LogP contribution in [-0.4, -0.2) is 43.7 Å². The van der Waals surface area contributed by atoms with Gasteiger partial charge in [0.25, 0.3) is 0 Å². The Morgan fingerprint density at radius 2 is 1.72 bits per heavy atom. The van der Waals surface area contributed by atoms with Crippen molar-refractivity contribution in [2.75, 3.05) is 6.26 Å². The van der Waals surface area contributed by atoms with Crippen molar-refractivity contribution >= 4 is 21.9 Å². The molecule has 106 valence electrons. The van der Waals surface area contributed by atoms with Crippen LogP contribution in [0.2, 0.25) is 0 Å². The van der Waals surface area contributed by atoms with Crippen LogP contribution in [0.3, 0.4) is 0 Å². The Hall–Kier alpha value is -1.15. The Labute approximate surface area is 107 Å². The van der Waals surface area contributed by atoms with Crippen molar-refractivity contribution in [3.8, 4) is 0 Å². The third kappa shape index (κ3) is 7.23. The van der Waals surface area contributed by atoms with Gasteiger partial charge in [-0.15, -0.1) is 0 Å². The van der Waals surface area contributed by atoms with Crippen molar-refractivity contribution in [3.63, 3.8) is 0 Å². The van der Waals surface area contributed by atoms with Crippen LogP contribution in [0.4, 0.5) is 0 Å². The van der Waals surface area contributed by atoms with E-state index in [2.05, 4.69) is 10.0 Å². The maximum absolute atomic E-state index is 11.6. The van der Waals surface area contributed by atoms with E-state index in [1.165, 1.54) is 6.92 Å². The lowest BCUT2D eigenvalue weighted by Crippen LogP contribution is -2.50. The number of carbonyl (C=O) groups excluding carboxylic acids is 1. The summed E-state index contributed by atoms with van der Waals surface area (Å²) in [4.78, 5) is 22.5. The highest BCUT2D eigenvalue weighted by molar-refractivity contribution is 7.88. The Morgan fingerprint density at radius 1 is 1.22 bits per heavy atom. The number of sulfonamides is 1. The quantitative estimate of drug-likeness (QED) is 0.584. The molecule has 3 N–H and O–H groups in total. The fraction of sp³-hybridized carbons (Fsp3) is 0.800. The third-order valence-electron chi connectivity index (χ3n) is 2.11. The highest BCUT2D eigenvalue weighted by Gasteiger charge is 2.24. The minimum Gasteiger partial charge on any atom is -0.480 e. The summed E-state index contributed by atoms with van der Waals surface area (Å²) in [6.07, 6.45) is 1.21. The zero-order chi connectivity index (χ0) is 14.5. The second kappa shape index (κ2) is 6.69. The van der Waals surface area contributed by atoms with Crippen molar-refractivity contribution in [1.29, 1.82) is 0 Å². The monoisotopic (exact) mass is 280 g/mol. The molecule has 0 fully saturated rings. The number of hydrogen-bond donors (Lipinski definition) is 3. The number of hydrogen-bond acceptors (Lipinski definition) is 4. The second-order valence-corrected chi connectivity index (χ2v) is 6.42. The normalized spacial score (nSPS) is 15.2. The maximum atomic E-state index is 11.6. The van der Waals surface area contributed by atoms with Crippen molar-refractivity contribution in [2.45, 2.75) is 39.3 Å². The molecule has 0 radical (unpaired) electrons. The third-order valence-corrected chi connectivity index (χ3v) is 2.89. The molecule has 8 heteroatoms. The maximum Gasteiger partial charge on any atom is 0.326 e. The first-order valence-corrected chi connectivity index (χ1v) is 7.42. The Balaban J connectivity index is 4.55. The molecule has 0 aromatic rings. The number of rotatable bonds is 7. The van der Waals surface area contributed by atoms with Gasteiger partial charge in [-0.25, -0.2) is 17.9 Å². The largest absolute Gasteiger partial charge is 0.480 e. The number of carboxylic acids is 1. The number of nitrogens with one attached hydrogen (secondary N) is 2. The average Bonchev–Trinajstić information content (AvgIpc) is 2.12. The van der Waals surface area contributed by atoms with E-state index in [1.807, 2.05) is 13.8 Å². The summed E-state index contributed by atoms with van der Waals surface area (Å²) in [6, 6.07) is -2.02. The molecular weight excluding hydrogens is 260 g/mol. The molecule has 0 saturated heterocycles. The van der Waals surface area contributed by atoms with Crippen LogP contribution in [-0.2, 0) is 19.6 Å².